The molecular formula is C15H20N2O3. The average Bonchev–Trinajstić information content (AvgIpc) is 2.99. The van der Waals surface area contributed by atoms with E-state index in [0.29, 0.717) is 24.4 Å². The maximum atomic E-state index is 12.0. The number of amides is 2. The summed E-state index contributed by atoms with van der Waals surface area (Å²) in [6.45, 7) is 3.23. The van der Waals surface area contributed by atoms with Crippen molar-refractivity contribution in [2.24, 2.45) is 0 Å². The van der Waals surface area contributed by atoms with E-state index in [1.807, 2.05) is 6.92 Å². The first-order valence-electron chi connectivity index (χ1n) is 7.02. The normalized spacial score (nSPS) is 17.8. The number of hydrogen-bond donors (Lipinski definition) is 2. The van der Waals surface area contributed by atoms with Gasteiger partial charge in [0.05, 0.1) is 11.3 Å². The number of rotatable bonds is 5. The molecule has 1 fully saturated rings. The third kappa shape index (κ3) is 3.57. The summed E-state index contributed by atoms with van der Waals surface area (Å²) in [6, 6.07) is 7.01. The van der Waals surface area contributed by atoms with Crippen LogP contribution in [0.5, 0.6) is 0 Å². The summed E-state index contributed by atoms with van der Waals surface area (Å²) < 4.78 is 5.34. The Morgan fingerprint density at radius 1 is 1.35 bits per heavy atom. The van der Waals surface area contributed by atoms with Gasteiger partial charge in [0.1, 0.15) is 6.10 Å². The van der Waals surface area contributed by atoms with Crippen LogP contribution in [0.4, 0.5) is 5.69 Å². The highest BCUT2D eigenvalue weighted by molar-refractivity contribution is 6.04. The minimum absolute atomic E-state index is 0.171. The van der Waals surface area contributed by atoms with Gasteiger partial charge in [0, 0.05) is 13.2 Å². The van der Waals surface area contributed by atoms with Crippen LogP contribution >= 0.6 is 0 Å². The maximum absolute atomic E-state index is 12.0. The van der Waals surface area contributed by atoms with Gasteiger partial charge >= 0.3 is 0 Å². The topological polar surface area (TPSA) is 67.4 Å². The molecule has 20 heavy (non-hydrogen) atoms. The van der Waals surface area contributed by atoms with Crippen LogP contribution in [-0.4, -0.2) is 31.1 Å². The second kappa shape index (κ2) is 7.05. The van der Waals surface area contributed by atoms with Crippen molar-refractivity contribution in [3.8, 4) is 0 Å². The summed E-state index contributed by atoms with van der Waals surface area (Å²) >= 11 is 0. The summed E-state index contributed by atoms with van der Waals surface area (Å²) in [5, 5.41) is 5.60. The predicted molar refractivity (Wildman–Crippen MR) is 76.7 cm³/mol. The van der Waals surface area contributed by atoms with Gasteiger partial charge in [-0.2, -0.15) is 0 Å². The first kappa shape index (κ1) is 14.5. The summed E-state index contributed by atoms with van der Waals surface area (Å²) in [6.07, 6.45) is 2.10. The lowest BCUT2D eigenvalue weighted by molar-refractivity contribution is -0.124. The van der Waals surface area contributed by atoms with Crippen molar-refractivity contribution in [1.82, 2.24) is 5.32 Å². The van der Waals surface area contributed by atoms with Gasteiger partial charge in [-0.15, -0.1) is 0 Å². The van der Waals surface area contributed by atoms with Crippen LogP contribution in [-0.2, 0) is 9.53 Å². The van der Waals surface area contributed by atoms with Gasteiger partial charge in [-0.3, -0.25) is 9.59 Å². The van der Waals surface area contributed by atoms with Crippen LogP contribution < -0.4 is 10.6 Å². The Balaban J connectivity index is 2.07. The lowest BCUT2D eigenvalue weighted by Crippen LogP contribution is -2.29. The predicted octanol–water partition coefficient (Wildman–Crippen LogP) is 1.94. The van der Waals surface area contributed by atoms with Crippen LogP contribution in [0.25, 0.3) is 0 Å². The fourth-order valence-corrected chi connectivity index (χ4v) is 2.12. The molecular weight excluding hydrogens is 256 g/mol. The fraction of sp³-hybridized carbons (Fsp3) is 0.467. The highest BCUT2D eigenvalue weighted by atomic mass is 16.5. The molecule has 1 aromatic carbocycles. The number of para-hydroxylation sites is 1. The van der Waals surface area contributed by atoms with E-state index in [1.54, 1.807) is 24.3 Å². The molecule has 0 aromatic heterocycles. The van der Waals surface area contributed by atoms with Crippen LogP contribution in [0.1, 0.15) is 36.5 Å². The molecule has 2 amide bonds. The highest BCUT2D eigenvalue weighted by Crippen LogP contribution is 2.18. The number of carbonyl (C=O) groups excluding carboxylic acids is 2. The first-order chi connectivity index (χ1) is 9.72. The van der Waals surface area contributed by atoms with Gasteiger partial charge in [-0.1, -0.05) is 19.1 Å². The molecule has 1 atom stereocenters. The van der Waals surface area contributed by atoms with E-state index in [1.165, 1.54) is 0 Å². The molecule has 2 rings (SSSR count). The Bertz CT molecular complexity index is 482. The van der Waals surface area contributed by atoms with Crippen molar-refractivity contribution in [3.05, 3.63) is 29.8 Å². The number of ether oxygens (including phenoxy) is 1. The third-order valence-corrected chi connectivity index (χ3v) is 3.19. The van der Waals surface area contributed by atoms with E-state index in [2.05, 4.69) is 10.6 Å². The van der Waals surface area contributed by atoms with Gasteiger partial charge in [0.2, 0.25) is 0 Å². The molecule has 2 N–H and O–H groups in total. The Kier molecular flexibility index (Phi) is 5.12. The van der Waals surface area contributed by atoms with Gasteiger partial charge in [0.25, 0.3) is 11.8 Å². The molecule has 0 spiro atoms. The lowest BCUT2D eigenvalue weighted by atomic mass is 10.1. The summed E-state index contributed by atoms with van der Waals surface area (Å²) in [5.41, 5.74) is 1.01. The van der Waals surface area contributed by atoms with Crippen LogP contribution in [0.15, 0.2) is 24.3 Å². The monoisotopic (exact) mass is 276 g/mol. The van der Waals surface area contributed by atoms with Crippen molar-refractivity contribution < 1.29 is 14.3 Å². The second-order valence-corrected chi connectivity index (χ2v) is 4.79. The molecule has 0 aliphatic carbocycles. The van der Waals surface area contributed by atoms with E-state index in [0.717, 1.165) is 19.3 Å². The van der Waals surface area contributed by atoms with E-state index in [4.69, 9.17) is 4.74 Å². The zero-order valence-electron chi connectivity index (χ0n) is 11.6. The average molecular weight is 276 g/mol. The van der Waals surface area contributed by atoms with Crippen molar-refractivity contribution in [2.75, 3.05) is 18.5 Å². The molecule has 0 unspecified atom stereocenters. The first-order valence-corrected chi connectivity index (χ1v) is 7.02. The van der Waals surface area contributed by atoms with Crippen LogP contribution in [0.2, 0.25) is 0 Å². The molecule has 5 nitrogen and oxygen atoms in total. The van der Waals surface area contributed by atoms with Gasteiger partial charge in [0.15, 0.2) is 0 Å². The molecule has 1 heterocycles. The van der Waals surface area contributed by atoms with Crippen molar-refractivity contribution in [3.63, 3.8) is 0 Å². The third-order valence-electron chi connectivity index (χ3n) is 3.19. The zero-order chi connectivity index (χ0) is 14.4. The van der Waals surface area contributed by atoms with E-state index >= 15 is 0 Å². The van der Waals surface area contributed by atoms with E-state index < -0.39 is 6.10 Å². The Morgan fingerprint density at radius 2 is 2.15 bits per heavy atom. The highest BCUT2D eigenvalue weighted by Gasteiger charge is 2.24. The lowest BCUT2D eigenvalue weighted by Gasteiger charge is -2.13. The maximum Gasteiger partial charge on any atom is 0.253 e. The number of nitrogens with one attached hydrogen (secondary N) is 2. The van der Waals surface area contributed by atoms with E-state index in [-0.39, 0.29) is 11.8 Å². The number of anilines is 1. The molecule has 1 aromatic rings. The Hall–Kier alpha value is -1.88. The van der Waals surface area contributed by atoms with Crippen molar-refractivity contribution in [1.29, 1.82) is 0 Å². The summed E-state index contributed by atoms with van der Waals surface area (Å²) in [7, 11) is 0. The Morgan fingerprint density at radius 3 is 2.85 bits per heavy atom. The Labute approximate surface area is 118 Å². The smallest absolute Gasteiger partial charge is 0.253 e. The molecule has 0 bridgehead atoms. The SMILES string of the molecule is CCCNC(=O)c1ccccc1NC(=O)[C@H]1CCCO1. The molecule has 1 aliphatic heterocycles. The standard InChI is InChI=1S/C15H20N2O3/c1-2-9-16-14(18)11-6-3-4-7-12(11)17-15(19)13-8-5-10-20-13/h3-4,6-7,13H,2,5,8-10H2,1H3,(H,16,18)(H,17,19)/t13-/m1/s1. The summed E-state index contributed by atoms with van der Waals surface area (Å²) in [5.74, 6) is -0.353. The van der Waals surface area contributed by atoms with E-state index in [9.17, 15) is 9.59 Å². The van der Waals surface area contributed by atoms with Gasteiger partial charge in [-0.25, -0.2) is 0 Å². The van der Waals surface area contributed by atoms with Gasteiger partial charge < -0.3 is 15.4 Å². The molecule has 0 saturated carbocycles. The molecule has 1 saturated heterocycles. The quantitative estimate of drug-likeness (QED) is 0.863. The summed E-state index contributed by atoms with van der Waals surface area (Å²) in [4.78, 5) is 24.1. The van der Waals surface area contributed by atoms with Crippen LogP contribution in [0, 0.1) is 0 Å². The molecule has 5 heteroatoms. The van der Waals surface area contributed by atoms with Crippen molar-refractivity contribution in [2.45, 2.75) is 32.3 Å². The minimum Gasteiger partial charge on any atom is -0.368 e. The molecule has 1 aliphatic rings. The minimum atomic E-state index is -0.401. The zero-order valence-corrected chi connectivity index (χ0v) is 11.6. The number of carbonyl (C=O) groups is 2. The molecule has 108 valence electrons. The fourth-order valence-electron chi connectivity index (χ4n) is 2.12. The van der Waals surface area contributed by atoms with Crippen LogP contribution in [0.3, 0.4) is 0 Å². The van der Waals surface area contributed by atoms with Crippen molar-refractivity contribution >= 4 is 17.5 Å². The molecule has 0 radical (unpaired) electrons. The largest absolute Gasteiger partial charge is 0.368 e. The number of benzene rings is 1. The number of hydrogen-bond acceptors (Lipinski definition) is 3. The van der Waals surface area contributed by atoms with Gasteiger partial charge in [-0.05, 0) is 31.4 Å². The second-order valence-electron chi connectivity index (χ2n) is 4.79.